The zero-order chi connectivity index (χ0) is 13.2. The Bertz CT molecular complexity index is 284. The second kappa shape index (κ2) is 6.36. The lowest BCUT2D eigenvalue weighted by Gasteiger charge is -2.44. The van der Waals surface area contributed by atoms with Gasteiger partial charge >= 0.3 is 0 Å². The number of nitrogens with one attached hydrogen (secondary N) is 1. The molecular weight excluding hydrogens is 252 g/mol. The predicted octanol–water partition coefficient (Wildman–Crippen LogP) is 2.84. The van der Waals surface area contributed by atoms with Gasteiger partial charge in [0.05, 0.1) is 0 Å². The Morgan fingerprint density at radius 3 is 2.53 bits per heavy atom. The van der Waals surface area contributed by atoms with E-state index in [4.69, 9.17) is 0 Å². The molecule has 2 heterocycles. The van der Waals surface area contributed by atoms with Gasteiger partial charge in [-0.05, 0) is 54.9 Å². The first-order valence-electron chi connectivity index (χ1n) is 8.29. The van der Waals surface area contributed by atoms with Gasteiger partial charge in [-0.25, -0.2) is 0 Å². The largest absolute Gasteiger partial charge is 0.311 e. The fourth-order valence-electron chi connectivity index (χ4n) is 3.80. The molecule has 3 aliphatic rings. The average Bonchev–Trinajstić information content (AvgIpc) is 3.24. The minimum absolute atomic E-state index is 0.768. The Labute approximate surface area is 123 Å². The van der Waals surface area contributed by atoms with Crippen LogP contribution in [0.25, 0.3) is 0 Å². The van der Waals surface area contributed by atoms with Gasteiger partial charge in [0.1, 0.15) is 0 Å². The molecule has 1 saturated carbocycles. The zero-order valence-electron chi connectivity index (χ0n) is 12.6. The van der Waals surface area contributed by atoms with E-state index in [2.05, 4.69) is 35.8 Å². The SMILES string of the molecule is CC(C)C1CNC(C2CC2)CN1CC1CCSCC1. The van der Waals surface area contributed by atoms with E-state index in [-0.39, 0.29) is 0 Å². The van der Waals surface area contributed by atoms with Crippen molar-refractivity contribution in [2.45, 2.75) is 51.6 Å². The van der Waals surface area contributed by atoms with Gasteiger partial charge in [-0.3, -0.25) is 4.90 Å². The highest BCUT2D eigenvalue weighted by molar-refractivity contribution is 7.99. The van der Waals surface area contributed by atoms with Crippen molar-refractivity contribution >= 4 is 11.8 Å². The van der Waals surface area contributed by atoms with Gasteiger partial charge in [0.15, 0.2) is 0 Å². The van der Waals surface area contributed by atoms with Gasteiger partial charge in [-0.1, -0.05) is 13.8 Å². The molecule has 0 aromatic heterocycles. The van der Waals surface area contributed by atoms with Gasteiger partial charge in [0.25, 0.3) is 0 Å². The van der Waals surface area contributed by atoms with E-state index >= 15 is 0 Å². The van der Waals surface area contributed by atoms with E-state index in [0.717, 1.165) is 29.8 Å². The maximum Gasteiger partial charge on any atom is 0.0244 e. The van der Waals surface area contributed by atoms with Crippen LogP contribution in [0.1, 0.15) is 39.5 Å². The van der Waals surface area contributed by atoms with E-state index in [1.54, 1.807) is 0 Å². The minimum Gasteiger partial charge on any atom is -0.311 e. The van der Waals surface area contributed by atoms with Gasteiger partial charge in [-0.15, -0.1) is 0 Å². The second-order valence-corrected chi connectivity index (χ2v) is 8.40. The molecule has 3 heteroatoms. The molecule has 1 N–H and O–H groups in total. The molecule has 0 spiro atoms. The van der Waals surface area contributed by atoms with Crippen LogP contribution in [-0.2, 0) is 0 Å². The monoisotopic (exact) mass is 282 g/mol. The molecule has 0 radical (unpaired) electrons. The number of rotatable bonds is 4. The molecule has 0 amide bonds. The summed E-state index contributed by atoms with van der Waals surface area (Å²) in [5.74, 6) is 5.55. The highest BCUT2D eigenvalue weighted by Crippen LogP contribution is 2.35. The molecule has 1 aliphatic carbocycles. The van der Waals surface area contributed by atoms with Crippen molar-refractivity contribution in [2.24, 2.45) is 17.8 Å². The normalized spacial score (nSPS) is 34.9. The van der Waals surface area contributed by atoms with Gasteiger partial charge in [0, 0.05) is 31.7 Å². The van der Waals surface area contributed by atoms with Gasteiger partial charge in [-0.2, -0.15) is 11.8 Å². The summed E-state index contributed by atoms with van der Waals surface area (Å²) >= 11 is 2.15. The zero-order valence-corrected chi connectivity index (χ0v) is 13.4. The summed E-state index contributed by atoms with van der Waals surface area (Å²) in [5.41, 5.74) is 0. The summed E-state index contributed by atoms with van der Waals surface area (Å²) in [6.45, 7) is 8.70. The summed E-state index contributed by atoms with van der Waals surface area (Å²) in [4.78, 5) is 2.85. The van der Waals surface area contributed by atoms with Crippen LogP contribution in [0.4, 0.5) is 0 Å². The third-order valence-corrected chi connectivity index (χ3v) is 6.33. The maximum atomic E-state index is 3.83. The number of hydrogen-bond acceptors (Lipinski definition) is 3. The molecular formula is C16H30N2S. The first kappa shape index (κ1) is 14.2. The van der Waals surface area contributed by atoms with Crippen molar-refractivity contribution in [3.05, 3.63) is 0 Å². The highest BCUT2D eigenvalue weighted by Gasteiger charge is 2.38. The third kappa shape index (κ3) is 3.68. The predicted molar refractivity (Wildman–Crippen MR) is 84.8 cm³/mol. The van der Waals surface area contributed by atoms with E-state index in [1.807, 2.05) is 0 Å². The Hall–Kier alpha value is 0.270. The summed E-state index contributed by atoms with van der Waals surface area (Å²) in [5, 5.41) is 3.83. The molecule has 19 heavy (non-hydrogen) atoms. The van der Waals surface area contributed by atoms with Crippen LogP contribution in [-0.4, -0.2) is 48.1 Å². The second-order valence-electron chi connectivity index (χ2n) is 7.17. The first-order valence-corrected chi connectivity index (χ1v) is 9.44. The lowest BCUT2D eigenvalue weighted by molar-refractivity contribution is 0.0744. The highest BCUT2D eigenvalue weighted by atomic mass is 32.2. The Balaban J connectivity index is 1.58. The fourth-order valence-corrected chi connectivity index (χ4v) is 5.00. The molecule has 0 bridgehead atoms. The molecule has 2 atom stereocenters. The first-order chi connectivity index (χ1) is 9.24. The van der Waals surface area contributed by atoms with Crippen molar-refractivity contribution < 1.29 is 0 Å². The number of nitrogens with zero attached hydrogens (tertiary/aromatic N) is 1. The van der Waals surface area contributed by atoms with Crippen LogP contribution in [0.2, 0.25) is 0 Å². The molecule has 2 nitrogen and oxygen atoms in total. The summed E-state index contributed by atoms with van der Waals surface area (Å²) < 4.78 is 0. The van der Waals surface area contributed by atoms with Crippen LogP contribution in [0.15, 0.2) is 0 Å². The van der Waals surface area contributed by atoms with Crippen LogP contribution in [0.3, 0.4) is 0 Å². The lowest BCUT2D eigenvalue weighted by atomic mass is 9.94. The molecule has 2 aliphatic heterocycles. The van der Waals surface area contributed by atoms with E-state index in [9.17, 15) is 0 Å². The van der Waals surface area contributed by atoms with Crippen molar-refractivity contribution in [3.8, 4) is 0 Å². The molecule has 3 rings (SSSR count). The quantitative estimate of drug-likeness (QED) is 0.853. The molecule has 3 fully saturated rings. The summed E-state index contributed by atoms with van der Waals surface area (Å²) in [7, 11) is 0. The lowest BCUT2D eigenvalue weighted by Crippen LogP contribution is -2.59. The van der Waals surface area contributed by atoms with Crippen LogP contribution >= 0.6 is 11.8 Å². The molecule has 2 unspecified atom stereocenters. The smallest absolute Gasteiger partial charge is 0.0244 e. The van der Waals surface area contributed by atoms with E-state index < -0.39 is 0 Å². The van der Waals surface area contributed by atoms with Crippen LogP contribution in [0.5, 0.6) is 0 Å². The number of piperazine rings is 1. The van der Waals surface area contributed by atoms with E-state index in [1.165, 1.54) is 56.8 Å². The van der Waals surface area contributed by atoms with Crippen molar-refractivity contribution in [1.82, 2.24) is 10.2 Å². The Morgan fingerprint density at radius 2 is 1.89 bits per heavy atom. The maximum absolute atomic E-state index is 3.83. The van der Waals surface area contributed by atoms with Gasteiger partial charge in [0.2, 0.25) is 0 Å². The number of thioether (sulfide) groups is 1. The topological polar surface area (TPSA) is 15.3 Å². The fraction of sp³-hybridized carbons (Fsp3) is 1.00. The summed E-state index contributed by atoms with van der Waals surface area (Å²) in [6.07, 6.45) is 5.84. The molecule has 2 saturated heterocycles. The van der Waals surface area contributed by atoms with E-state index in [0.29, 0.717) is 0 Å². The Kier molecular flexibility index (Phi) is 4.76. The molecule has 110 valence electrons. The summed E-state index contributed by atoms with van der Waals surface area (Å²) in [6, 6.07) is 1.57. The van der Waals surface area contributed by atoms with Crippen molar-refractivity contribution in [3.63, 3.8) is 0 Å². The molecule has 0 aromatic carbocycles. The average molecular weight is 282 g/mol. The Morgan fingerprint density at radius 1 is 1.16 bits per heavy atom. The van der Waals surface area contributed by atoms with Crippen LogP contribution in [0, 0.1) is 17.8 Å². The standard InChI is InChI=1S/C16H30N2S/c1-12(2)16-9-17-15(14-3-4-14)11-18(16)10-13-5-7-19-8-6-13/h12-17H,3-11H2,1-2H3. The van der Waals surface area contributed by atoms with Crippen molar-refractivity contribution in [2.75, 3.05) is 31.1 Å². The van der Waals surface area contributed by atoms with Crippen LogP contribution < -0.4 is 5.32 Å². The van der Waals surface area contributed by atoms with Crippen molar-refractivity contribution in [1.29, 1.82) is 0 Å². The molecule has 0 aromatic rings. The third-order valence-electron chi connectivity index (χ3n) is 5.28. The number of hydrogen-bond donors (Lipinski definition) is 1. The minimum atomic E-state index is 0.768. The van der Waals surface area contributed by atoms with Gasteiger partial charge < -0.3 is 5.32 Å².